The molecule has 1 N–H and O–H groups in total. The molecule has 1 aliphatic rings. The van der Waals surface area contributed by atoms with Crippen molar-refractivity contribution in [3.8, 4) is 5.75 Å². The minimum Gasteiger partial charge on any atom is -0.486 e. The largest absolute Gasteiger partial charge is 0.486 e. The van der Waals surface area contributed by atoms with Gasteiger partial charge in [0.15, 0.2) is 17.4 Å². The number of halogens is 2. The van der Waals surface area contributed by atoms with E-state index in [2.05, 4.69) is 9.97 Å². The van der Waals surface area contributed by atoms with Crippen molar-refractivity contribution in [2.24, 2.45) is 0 Å². The average molecular weight is 307 g/mol. The number of anilines is 1. The van der Waals surface area contributed by atoms with Crippen LogP contribution in [0.25, 0.3) is 0 Å². The molecule has 1 atom stereocenters. The number of aliphatic hydroxyl groups is 1. The van der Waals surface area contributed by atoms with Crippen LogP contribution in [0.5, 0.6) is 5.75 Å². The Morgan fingerprint density at radius 2 is 2.00 bits per heavy atom. The lowest BCUT2D eigenvalue weighted by atomic mass is 10.2. The van der Waals surface area contributed by atoms with Crippen molar-refractivity contribution in [3.63, 3.8) is 0 Å². The summed E-state index contributed by atoms with van der Waals surface area (Å²) in [5.41, 5.74) is 0.519. The summed E-state index contributed by atoms with van der Waals surface area (Å²) >= 11 is 0. The Labute approximate surface area is 126 Å². The van der Waals surface area contributed by atoms with Crippen molar-refractivity contribution in [3.05, 3.63) is 47.8 Å². The summed E-state index contributed by atoms with van der Waals surface area (Å²) < 4.78 is 31.3. The molecule has 0 spiro atoms. The molecular formula is C15H15F2N3O2. The highest BCUT2D eigenvalue weighted by Gasteiger charge is 2.22. The molecule has 22 heavy (non-hydrogen) atoms. The molecule has 2 aromatic rings. The van der Waals surface area contributed by atoms with Crippen LogP contribution in [0.1, 0.15) is 12.0 Å². The van der Waals surface area contributed by atoms with Crippen LogP contribution in [0.15, 0.2) is 30.6 Å². The zero-order valence-corrected chi connectivity index (χ0v) is 11.7. The van der Waals surface area contributed by atoms with Crippen LogP contribution >= 0.6 is 0 Å². The van der Waals surface area contributed by atoms with E-state index >= 15 is 0 Å². The first kappa shape index (κ1) is 14.6. The van der Waals surface area contributed by atoms with E-state index in [9.17, 15) is 13.9 Å². The number of aliphatic hydroxyl groups excluding tert-OH is 1. The molecule has 3 rings (SSSR count). The Hall–Kier alpha value is -2.28. The van der Waals surface area contributed by atoms with Gasteiger partial charge in [-0.05, 0) is 24.1 Å². The van der Waals surface area contributed by atoms with E-state index in [4.69, 9.17) is 4.74 Å². The summed E-state index contributed by atoms with van der Waals surface area (Å²) in [4.78, 5) is 10.3. The molecule has 116 valence electrons. The van der Waals surface area contributed by atoms with Gasteiger partial charge in [0.25, 0.3) is 0 Å². The molecule has 1 fully saturated rings. The SMILES string of the molecule is O[C@@H]1CCN(c2ncc(OCc3ccc(F)c(F)c3)cn2)C1. The second kappa shape index (κ2) is 6.23. The van der Waals surface area contributed by atoms with E-state index in [1.54, 1.807) is 0 Å². The Kier molecular flexibility index (Phi) is 4.15. The average Bonchev–Trinajstić information content (AvgIpc) is 2.95. The molecule has 0 aliphatic carbocycles. The van der Waals surface area contributed by atoms with Crippen molar-refractivity contribution < 1.29 is 18.6 Å². The molecule has 0 saturated carbocycles. The molecule has 7 heteroatoms. The molecule has 1 aromatic heterocycles. The Morgan fingerprint density at radius 3 is 2.64 bits per heavy atom. The Balaban J connectivity index is 1.60. The maximum atomic E-state index is 13.1. The van der Waals surface area contributed by atoms with Gasteiger partial charge in [-0.3, -0.25) is 0 Å². The summed E-state index contributed by atoms with van der Waals surface area (Å²) in [6.07, 6.45) is 3.41. The van der Waals surface area contributed by atoms with Crippen molar-refractivity contribution in [1.29, 1.82) is 0 Å². The summed E-state index contributed by atoms with van der Waals surface area (Å²) in [6.45, 7) is 1.34. The van der Waals surface area contributed by atoms with E-state index in [1.165, 1.54) is 18.5 Å². The predicted molar refractivity (Wildman–Crippen MR) is 75.6 cm³/mol. The van der Waals surface area contributed by atoms with E-state index in [1.807, 2.05) is 4.90 Å². The molecule has 2 heterocycles. The standard InChI is InChI=1S/C15H15F2N3O2/c16-13-2-1-10(5-14(13)17)9-22-12-6-18-15(19-7-12)20-4-3-11(21)8-20/h1-2,5-7,11,21H,3-4,8-9H2/t11-/m1/s1. The van der Waals surface area contributed by atoms with Crippen molar-refractivity contribution in [2.45, 2.75) is 19.1 Å². The van der Waals surface area contributed by atoms with Crippen LogP contribution in [0.4, 0.5) is 14.7 Å². The van der Waals surface area contributed by atoms with E-state index in [-0.39, 0.29) is 12.7 Å². The van der Waals surface area contributed by atoms with Crippen LogP contribution in [0, 0.1) is 11.6 Å². The second-order valence-corrected chi connectivity index (χ2v) is 5.14. The van der Waals surface area contributed by atoms with Gasteiger partial charge < -0.3 is 14.7 Å². The van der Waals surface area contributed by atoms with Gasteiger partial charge in [0.2, 0.25) is 5.95 Å². The van der Waals surface area contributed by atoms with Gasteiger partial charge in [0.05, 0.1) is 18.5 Å². The lowest BCUT2D eigenvalue weighted by Gasteiger charge is -2.15. The van der Waals surface area contributed by atoms with Crippen molar-refractivity contribution >= 4 is 5.95 Å². The van der Waals surface area contributed by atoms with Gasteiger partial charge >= 0.3 is 0 Å². The highest BCUT2D eigenvalue weighted by molar-refractivity contribution is 5.33. The van der Waals surface area contributed by atoms with Gasteiger partial charge in [0, 0.05) is 13.1 Å². The van der Waals surface area contributed by atoms with Crippen LogP contribution in [0.2, 0.25) is 0 Å². The maximum absolute atomic E-state index is 13.1. The number of aromatic nitrogens is 2. The lowest BCUT2D eigenvalue weighted by Crippen LogP contribution is -2.23. The number of hydrogen-bond donors (Lipinski definition) is 1. The van der Waals surface area contributed by atoms with Crippen LogP contribution in [-0.2, 0) is 6.61 Å². The summed E-state index contributed by atoms with van der Waals surface area (Å²) in [7, 11) is 0. The highest BCUT2D eigenvalue weighted by atomic mass is 19.2. The molecule has 1 saturated heterocycles. The molecular weight excluding hydrogens is 292 g/mol. The smallest absolute Gasteiger partial charge is 0.225 e. The maximum Gasteiger partial charge on any atom is 0.225 e. The summed E-state index contributed by atoms with van der Waals surface area (Å²) in [5.74, 6) is -0.811. The lowest BCUT2D eigenvalue weighted by molar-refractivity contribution is 0.198. The fourth-order valence-corrected chi connectivity index (χ4v) is 2.27. The van der Waals surface area contributed by atoms with Crippen LogP contribution < -0.4 is 9.64 Å². The summed E-state index contributed by atoms with van der Waals surface area (Å²) in [5, 5.41) is 9.49. The van der Waals surface area contributed by atoms with Crippen LogP contribution in [0.3, 0.4) is 0 Å². The van der Waals surface area contributed by atoms with Crippen LogP contribution in [-0.4, -0.2) is 34.3 Å². The number of nitrogens with zero attached hydrogens (tertiary/aromatic N) is 3. The molecule has 0 amide bonds. The summed E-state index contributed by atoms with van der Waals surface area (Å²) in [6, 6.07) is 3.61. The molecule has 1 aliphatic heterocycles. The Morgan fingerprint density at radius 1 is 1.23 bits per heavy atom. The fourth-order valence-electron chi connectivity index (χ4n) is 2.27. The molecule has 0 unspecified atom stereocenters. The topological polar surface area (TPSA) is 58.5 Å². The number of β-amino-alcohol motifs (C(OH)–C–C–N with tert-alkyl or cyclic N) is 1. The van der Waals surface area contributed by atoms with Crippen molar-refractivity contribution in [1.82, 2.24) is 9.97 Å². The predicted octanol–water partition coefficient (Wildman–Crippen LogP) is 1.90. The van der Waals surface area contributed by atoms with Gasteiger partial charge in [0.1, 0.15) is 6.61 Å². The number of benzene rings is 1. The number of ether oxygens (including phenoxy) is 1. The number of hydrogen-bond acceptors (Lipinski definition) is 5. The molecule has 0 bridgehead atoms. The Bertz CT molecular complexity index is 652. The van der Waals surface area contributed by atoms with Gasteiger partial charge in [-0.1, -0.05) is 6.07 Å². The normalized spacial score (nSPS) is 17.8. The zero-order valence-electron chi connectivity index (χ0n) is 11.7. The van der Waals surface area contributed by atoms with E-state index in [0.717, 1.165) is 18.7 Å². The highest BCUT2D eigenvalue weighted by Crippen LogP contribution is 2.18. The van der Waals surface area contributed by atoms with Gasteiger partial charge in [-0.15, -0.1) is 0 Å². The third-order valence-corrected chi connectivity index (χ3v) is 3.45. The first-order valence-electron chi connectivity index (χ1n) is 6.93. The quantitative estimate of drug-likeness (QED) is 0.935. The third-order valence-electron chi connectivity index (χ3n) is 3.45. The fraction of sp³-hybridized carbons (Fsp3) is 0.333. The monoisotopic (exact) mass is 307 g/mol. The molecule has 5 nitrogen and oxygen atoms in total. The van der Waals surface area contributed by atoms with Gasteiger partial charge in [-0.2, -0.15) is 0 Å². The first-order chi connectivity index (χ1) is 10.6. The van der Waals surface area contributed by atoms with E-state index in [0.29, 0.717) is 30.2 Å². The van der Waals surface area contributed by atoms with Gasteiger partial charge in [-0.25, -0.2) is 18.7 Å². The minimum absolute atomic E-state index is 0.0995. The van der Waals surface area contributed by atoms with Crippen molar-refractivity contribution in [2.75, 3.05) is 18.0 Å². The minimum atomic E-state index is -0.903. The molecule has 0 radical (unpaired) electrons. The zero-order chi connectivity index (χ0) is 15.5. The third kappa shape index (κ3) is 3.30. The molecule has 1 aromatic carbocycles. The first-order valence-corrected chi connectivity index (χ1v) is 6.93. The van der Waals surface area contributed by atoms with E-state index < -0.39 is 11.6 Å². The second-order valence-electron chi connectivity index (χ2n) is 5.14. The number of rotatable bonds is 4.